The molecule has 0 radical (unpaired) electrons. The summed E-state index contributed by atoms with van der Waals surface area (Å²) >= 11 is 0. The Morgan fingerprint density at radius 2 is 1.61 bits per heavy atom. The van der Waals surface area contributed by atoms with Crippen molar-refractivity contribution >= 4 is 17.4 Å². The molecule has 2 aromatic carbocycles. The minimum Gasteiger partial charge on any atom is -0.318 e. The van der Waals surface area contributed by atoms with E-state index < -0.39 is 0 Å². The van der Waals surface area contributed by atoms with Gasteiger partial charge in [-0.15, -0.1) is 4.99 Å². The zero-order valence-electron chi connectivity index (χ0n) is 10.1. The molecule has 0 saturated heterocycles. The van der Waals surface area contributed by atoms with Crippen LogP contribution < -0.4 is 10.7 Å². The van der Waals surface area contributed by atoms with E-state index in [4.69, 9.17) is 5.73 Å². The van der Waals surface area contributed by atoms with E-state index in [0.29, 0.717) is 5.84 Å². The lowest BCUT2D eigenvalue weighted by Crippen LogP contribution is -2.76. The van der Waals surface area contributed by atoms with E-state index in [1.165, 1.54) is 5.56 Å². The first-order chi connectivity index (χ1) is 8.74. The number of nitrogens with two attached hydrogens (primary N) is 1. The number of aryl methyl sites for hydroxylation is 1. The van der Waals surface area contributed by atoms with Crippen LogP contribution in [0.5, 0.6) is 0 Å². The molecule has 0 amide bonds. The average Bonchev–Trinajstić information content (AvgIpc) is 2.70. The van der Waals surface area contributed by atoms with E-state index in [0.717, 1.165) is 22.6 Å². The van der Waals surface area contributed by atoms with Crippen LogP contribution in [0.25, 0.3) is 0 Å². The van der Waals surface area contributed by atoms with Gasteiger partial charge < -0.3 is 5.73 Å². The number of nitrogens with zero attached hydrogens (tertiary/aromatic N) is 1. The van der Waals surface area contributed by atoms with Gasteiger partial charge in [0.2, 0.25) is 5.84 Å². The smallest absolute Gasteiger partial charge is 0.269 e. The number of fused-ring (bicyclic) bond motifs is 1. The van der Waals surface area contributed by atoms with Crippen molar-refractivity contribution in [2.75, 3.05) is 0 Å². The van der Waals surface area contributed by atoms with Crippen molar-refractivity contribution in [1.82, 2.24) is 0 Å². The maximum absolute atomic E-state index is 5.94. The second-order valence-corrected chi connectivity index (χ2v) is 4.38. The predicted molar refractivity (Wildman–Crippen MR) is 73.1 cm³/mol. The van der Waals surface area contributed by atoms with Crippen LogP contribution in [0.4, 0.5) is 5.69 Å². The molecule has 0 spiro atoms. The normalized spacial score (nSPS) is 15.6. The van der Waals surface area contributed by atoms with E-state index in [1.807, 2.05) is 48.5 Å². The average molecular weight is 236 g/mol. The van der Waals surface area contributed by atoms with E-state index in [9.17, 15) is 0 Å². The number of hydrogen-bond donors (Lipinski definition) is 2. The second-order valence-electron chi connectivity index (χ2n) is 4.38. The highest BCUT2D eigenvalue weighted by Crippen LogP contribution is 2.16. The minimum atomic E-state index is 0.663. The van der Waals surface area contributed by atoms with Crippen molar-refractivity contribution in [3.8, 4) is 0 Å². The predicted octanol–water partition coefficient (Wildman–Crippen LogP) is 0.873. The zero-order chi connectivity index (χ0) is 12.5. The molecule has 3 nitrogen and oxygen atoms in total. The number of benzene rings is 2. The van der Waals surface area contributed by atoms with Gasteiger partial charge in [0.25, 0.3) is 5.84 Å². The Balaban J connectivity index is 2.07. The molecule has 0 atom stereocenters. The van der Waals surface area contributed by atoms with Crippen LogP contribution in [0.2, 0.25) is 0 Å². The number of amidine groups is 2. The van der Waals surface area contributed by atoms with Crippen molar-refractivity contribution in [1.29, 1.82) is 0 Å². The fraction of sp³-hybridized carbons (Fsp3) is 0.0667. The third-order valence-corrected chi connectivity index (χ3v) is 3.00. The largest absolute Gasteiger partial charge is 0.318 e. The Kier molecular flexibility index (Phi) is 2.45. The highest BCUT2D eigenvalue weighted by molar-refractivity contribution is 6.12. The topological polar surface area (TPSA) is 52.3 Å². The number of nitrogens with one attached hydrogen (secondary N) is 1. The van der Waals surface area contributed by atoms with Crippen LogP contribution in [0, 0.1) is 6.92 Å². The Bertz CT molecular complexity index is 652. The van der Waals surface area contributed by atoms with E-state index in [2.05, 4.69) is 16.9 Å². The lowest BCUT2D eigenvalue weighted by Gasteiger charge is -1.94. The summed E-state index contributed by atoms with van der Waals surface area (Å²) in [7, 11) is 0. The molecule has 0 fully saturated rings. The van der Waals surface area contributed by atoms with E-state index in [-0.39, 0.29) is 0 Å². The van der Waals surface area contributed by atoms with Gasteiger partial charge >= 0.3 is 0 Å². The van der Waals surface area contributed by atoms with Gasteiger partial charge in [0, 0.05) is 0 Å². The standard InChI is InChI=1S/C15H13N3/c1-10-6-8-11(9-7-10)17-15-13-5-3-2-4-12(13)14(16)18-15/h2-9H,1H3,(H2,16,17,18)/p+1. The first-order valence-corrected chi connectivity index (χ1v) is 5.88. The van der Waals surface area contributed by atoms with Gasteiger partial charge in [-0.05, 0) is 31.2 Å². The fourth-order valence-corrected chi connectivity index (χ4v) is 2.02. The second kappa shape index (κ2) is 4.11. The third-order valence-electron chi connectivity index (χ3n) is 3.00. The Hall–Kier alpha value is -2.42. The molecule has 18 heavy (non-hydrogen) atoms. The molecule has 0 unspecified atom stereocenters. The highest BCUT2D eigenvalue weighted by Gasteiger charge is 2.23. The third kappa shape index (κ3) is 1.80. The van der Waals surface area contributed by atoms with Crippen LogP contribution in [0.1, 0.15) is 16.7 Å². The SMILES string of the molecule is Cc1ccc(N=C2[NH+]=C(N)c3ccccc32)cc1. The van der Waals surface area contributed by atoms with Crippen molar-refractivity contribution in [2.24, 2.45) is 10.7 Å². The van der Waals surface area contributed by atoms with Crippen LogP contribution in [-0.4, -0.2) is 11.7 Å². The fourth-order valence-electron chi connectivity index (χ4n) is 2.02. The molecule has 0 saturated carbocycles. The molecular formula is C15H14N3+. The molecule has 88 valence electrons. The Morgan fingerprint density at radius 1 is 0.944 bits per heavy atom. The van der Waals surface area contributed by atoms with Crippen LogP contribution in [0.3, 0.4) is 0 Å². The van der Waals surface area contributed by atoms with Gasteiger partial charge in [0.1, 0.15) is 5.69 Å². The molecule has 1 aliphatic heterocycles. The van der Waals surface area contributed by atoms with Crippen molar-refractivity contribution < 1.29 is 4.99 Å². The monoisotopic (exact) mass is 236 g/mol. The maximum atomic E-state index is 5.94. The molecule has 0 aromatic heterocycles. The number of nitrogen functional groups attached to an aromatic ring is 1. The van der Waals surface area contributed by atoms with E-state index >= 15 is 0 Å². The Labute approximate surface area is 106 Å². The lowest BCUT2D eigenvalue weighted by atomic mass is 10.1. The summed E-state index contributed by atoms with van der Waals surface area (Å²) in [5.41, 5.74) is 10.2. The minimum absolute atomic E-state index is 0.663. The molecule has 0 bridgehead atoms. The molecule has 1 heterocycles. The number of rotatable bonds is 1. The quantitative estimate of drug-likeness (QED) is 0.758. The summed E-state index contributed by atoms with van der Waals surface area (Å²) in [6.45, 7) is 2.06. The molecule has 3 heteroatoms. The van der Waals surface area contributed by atoms with Crippen LogP contribution >= 0.6 is 0 Å². The summed E-state index contributed by atoms with van der Waals surface area (Å²) < 4.78 is 0. The van der Waals surface area contributed by atoms with Gasteiger partial charge in [0.15, 0.2) is 0 Å². The van der Waals surface area contributed by atoms with Crippen molar-refractivity contribution in [3.63, 3.8) is 0 Å². The summed E-state index contributed by atoms with van der Waals surface area (Å²) in [6.07, 6.45) is 0. The van der Waals surface area contributed by atoms with Gasteiger partial charge in [-0.2, -0.15) is 0 Å². The highest BCUT2D eigenvalue weighted by atomic mass is 15.0. The summed E-state index contributed by atoms with van der Waals surface area (Å²) in [5, 5.41) is 0. The summed E-state index contributed by atoms with van der Waals surface area (Å²) in [5.74, 6) is 1.48. The molecule has 0 aliphatic carbocycles. The number of hydrogen-bond acceptors (Lipinski definition) is 2. The molecule has 1 aliphatic rings. The maximum Gasteiger partial charge on any atom is 0.269 e. The Morgan fingerprint density at radius 3 is 2.33 bits per heavy atom. The summed E-state index contributed by atoms with van der Waals surface area (Å²) in [6, 6.07) is 16.1. The molecular weight excluding hydrogens is 222 g/mol. The first kappa shape index (κ1) is 10.7. The van der Waals surface area contributed by atoms with Crippen LogP contribution in [0.15, 0.2) is 53.5 Å². The van der Waals surface area contributed by atoms with Gasteiger partial charge in [-0.3, -0.25) is 0 Å². The van der Waals surface area contributed by atoms with Gasteiger partial charge in [-0.25, -0.2) is 4.99 Å². The van der Waals surface area contributed by atoms with Crippen LogP contribution in [-0.2, 0) is 0 Å². The van der Waals surface area contributed by atoms with Gasteiger partial charge in [-0.1, -0.05) is 29.8 Å². The molecule has 3 rings (SSSR count). The van der Waals surface area contributed by atoms with E-state index in [1.54, 1.807) is 0 Å². The first-order valence-electron chi connectivity index (χ1n) is 5.88. The van der Waals surface area contributed by atoms with Crippen molar-refractivity contribution in [3.05, 3.63) is 65.2 Å². The molecule has 3 N–H and O–H groups in total. The molecule has 2 aromatic rings. The summed E-state index contributed by atoms with van der Waals surface area (Å²) in [4.78, 5) is 7.72. The number of aliphatic imine (C=N–C) groups is 1. The van der Waals surface area contributed by atoms with Gasteiger partial charge in [0.05, 0.1) is 11.1 Å². The zero-order valence-corrected chi connectivity index (χ0v) is 10.1. The van der Waals surface area contributed by atoms with Crippen molar-refractivity contribution in [2.45, 2.75) is 6.92 Å². The lowest BCUT2D eigenvalue weighted by molar-refractivity contribution is -0.311.